The van der Waals surface area contributed by atoms with Crippen LogP contribution in [0.2, 0.25) is 0 Å². The molecule has 1 aliphatic heterocycles. The van der Waals surface area contributed by atoms with Gasteiger partial charge in [0, 0.05) is 58.4 Å². The first-order valence-corrected chi connectivity index (χ1v) is 12.5. The number of rotatable bonds is 5. The van der Waals surface area contributed by atoms with Crippen LogP contribution in [-0.2, 0) is 36.0 Å². The number of nitrogens with zero attached hydrogens (tertiary/aromatic N) is 5. The van der Waals surface area contributed by atoms with Crippen LogP contribution < -0.4 is 4.74 Å². The fourth-order valence-corrected chi connectivity index (χ4v) is 4.70. The SMILES string of the molecule is CCOCCCc1ccc2cc1OCC(=O)N(C)CCCN(C)Cc1cn(C)c3ncnc(c13)C2. The van der Waals surface area contributed by atoms with Crippen LogP contribution in [0.3, 0.4) is 0 Å². The molecule has 0 N–H and O–H groups in total. The number of carbonyl (C=O) groups is 1. The van der Waals surface area contributed by atoms with Crippen molar-refractivity contribution in [2.45, 2.75) is 39.2 Å². The Hall–Kier alpha value is -2.97. The van der Waals surface area contributed by atoms with Gasteiger partial charge in [-0.05, 0) is 62.5 Å². The van der Waals surface area contributed by atoms with E-state index in [0.717, 1.165) is 66.0 Å². The zero-order valence-corrected chi connectivity index (χ0v) is 21.4. The maximum absolute atomic E-state index is 12.7. The number of aryl methyl sites for hydroxylation is 2. The molecule has 8 heteroatoms. The quantitative estimate of drug-likeness (QED) is 0.524. The molecule has 0 atom stereocenters. The van der Waals surface area contributed by atoms with Gasteiger partial charge in [-0.2, -0.15) is 0 Å². The third-order valence-electron chi connectivity index (χ3n) is 6.60. The summed E-state index contributed by atoms with van der Waals surface area (Å²) in [5.74, 6) is 0.763. The minimum atomic E-state index is -0.00623. The molecule has 0 unspecified atom stereocenters. The van der Waals surface area contributed by atoms with Gasteiger partial charge in [-0.1, -0.05) is 12.1 Å². The number of fused-ring (bicyclic) bond motifs is 2. The molecule has 3 heterocycles. The van der Waals surface area contributed by atoms with Gasteiger partial charge in [-0.3, -0.25) is 4.79 Å². The minimum absolute atomic E-state index is 0.00623. The van der Waals surface area contributed by atoms with Crippen molar-refractivity contribution in [2.75, 3.05) is 47.0 Å². The van der Waals surface area contributed by atoms with Gasteiger partial charge in [-0.25, -0.2) is 9.97 Å². The Morgan fingerprint density at radius 3 is 2.83 bits per heavy atom. The van der Waals surface area contributed by atoms with Crippen LogP contribution in [0.15, 0.2) is 30.7 Å². The molecule has 0 fully saturated rings. The van der Waals surface area contributed by atoms with E-state index in [-0.39, 0.29) is 12.5 Å². The second kappa shape index (κ2) is 11.6. The molecule has 1 aromatic carbocycles. The van der Waals surface area contributed by atoms with E-state index in [1.54, 1.807) is 11.2 Å². The van der Waals surface area contributed by atoms with Crippen molar-refractivity contribution < 1.29 is 14.3 Å². The number of amides is 1. The number of benzene rings is 1. The summed E-state index contributed by atoms with van der Waals surface area (Å²) in [6.07, 6.45) is 7.12. The first-order valence-electron chi connectivity index (χ1n) is 12.5. The first-order chi connectivity index (χ1) is 17.0. The zero-order valence-electron chi connectivity index (χ0n) is 21.4. The fraction of sp³-hybridized carbons (Fsp3) is 0.519. The smallest absolute Gasteiger partial charge is 0.260 e. The second-order valence-electron chi connectivity index (χ2n) is 9.40. The zero-order chi connectivity index (χ0) is 24.8. The third-order valence-corrected chi connectivity index (χ3v) is 6.60. The summed E-state index contributed by atoms with van der Waals surface area (Å²) >= 11 is 0. The van der Waals surface area contributed by atoms with Crippen molar-refractivity contribution in [1.82, 2.24) is 24.3 Å². The molecular formula is C27H37N5O3. The van der Waals surface area contributed by atoms with Crippen molar-refractivity contribution in [1.29, 1.82) is 0 Å². The van der Waals surface area contributed by atoms with E-state index in [9.17, 15) is 4.79 Å². The van der Waals surface area contributed by atoms with E-state index in [1.165, 1.54) is 5.56 Å². The lowest BCUT2D eigenvalue weighted by molar-refractivity contribution is -0.132. The molecule has 1 amide bonds. The summed E-state index contributed by atoms with van der Waals surface area (Å²) in [6, 6.07) is 6.33. The highest BCUT2D eigenvalue weighted by molar-refractivity contribution is 5.83. The number of aromatic nitrogens is 3. The maximum Gasteiger partial charge on any atom is 0.260 e. The van der Waals surface area contributed by atoms with Gasteiger partial charge in [0.25, 0.3) is 5.91 Å². The molecule has 0 radical (unpaired) electrons. The first kappa shape index (κ1) is 25.1. The van der Waals surface area contributed by atoms with Crippen LogP contribution in [0.1, 0.15) is 42.1 Å². The summed E-state index contributed by atoms with van der Waals surface area (Å²) in [4.78, 5) is 26.0. The number of ether oxygens (including phenoxy) is 2. The van der Waals surface area contributed by atoms with Crippen LogP contribution in [0.5, 0.6) is 5.75 Å². The molecule has 2 bridgehead atoms. The lowest BCUT2D eigenvalue weighted by atomic mass is 10.0. The third kappa shape index (κ3) is 6.18. The van der Waals surface area contributed by atoms with Gasteiger partial charge in [-0.15, -0.1) is 0 Å². The van der Waals surface area contributed by atoms with E-state index < -0.39 is 0 Å². The van der Waals surface area contributed by atoms with Crippen LogP contribution in [-0.4, -0.2) is 77.2 Å². The normalized spacial score (nSPS) is 16.0. The van der Waals surface area contributed by atoms with Gasteiger partial charge in [0.2, 0.25) is 0 Å². The number of likely N-dealkylation sites (N-methyl/N-ethyl adjacent to an activating group) is 1. The predicted molar refractivity (Wildman–Crippen MR) is 137 cm³/mol. The average Bonchev–Trinajstić information content (AvgIpc) is 3.16. The van der Waals surface area contributed by atoms with E-state index in [1.807, 2.05) is 21.0 Å². The minimum Gasteiger partial charge on any atom is -0.483 e. The summed E-state index contributed by atoms with van der Waals surface area (Å²) in [7, 11) is 6.00. The topological polar surface area (TPSA) is 72.7 Å². The van der Waals surface area contributed by atoms with Crippen molar-refractivity contribution in [3.05, 3.63) is 53.1 Å². The molecule has 0 saturated carbocycles. The second-order valence-corrected chi connectivity index (χ2v) is 9.40. The standard InChI is InChI=1S/C27H37N5O3/c1-5-34-13-6-8-21-10-9-20-14-23-26-22(17-32(4)27(26)29-19-28-23)16-30(2)11-7-12-31(3)25(33)18-35-24(21)15-20/h9-10,15,17,19H,5-8,11-14,16,18H2,1-4H3. The molecule has 0 saturated heterocycles. The summed E-state index contributed by atoms with van der Waals surface area (Å²) in [5.41, 5.74) is 5.39. The highest BCUT2D eigenvalue weighted by Gasteiger charge is 2.18. The van der Waals surface area contributed by atoms with Crippen molar-refractivity contribution >= 4 is 16.9 Å². The largest absolute Gasteiger partial charge is 0.483 e. The Bertz CT molecular complexity index is 1160. The molecule has 188 valence electrons. The Morgan fingerprint density at radius 1 is 1.14 bits per heavy atom. The van der Waals surface area contributed by atoms with Gasteiger partial charge in [0.15, 0.2) is 6.61 Å². The molecule has 4 rings (SSSR count). The molecule has 0 aliphatic carbocycles. The Morgan fingerprint density at radius 2 is 2.00 bits per heavy atom. The molecule has 8 nitrogen and oxygen atoms in total. The van der Waals surface area contributed by atoms with Crippen molar-refractivity contribution in [3.8, 4) is 5.75 Å². The molecule has 35 heavy (non-hydrogen) atoms. The van der Waals surface area contributed by atoms with E-state index >= 15 is 0 Å². The Labute approximate surface area is 207 Å². The van der Waals surface area contributed by atoms with E-state index in [0.29, 0.717) is 26.2 Å². The van der Waals surface area contributed by atoms with Crippen molar-refractivity contribution in [3.63, 3.8) is 0 Å². The fourth-order valence-electron chi connectivity index (χ4n) is 4.70. The number of hydrogen-bond donors (Lipinski definition) is 0. The van der Waals surface area contributed by atoms with Crippen LogP contribution in [0.25, 0.3) is 11.0 Å². The molecule has 1 aliphatic rings. The molecular weight excluding hydrogens is 442 g/mol. The summed E-state index contributed by atoms with van der Waals surface area (Å²) < 4.78 is 13.7. The predicted octanol–water partition coefficient (Wildman–Crippen LogP) is 3.20. The molecule has 0 spiro atoms. The van der Waals surface area contributed by atoms with Crippen LogP contribution in [0.4, 0.5) is 0 Å². The highest BCUT2D eigenvalue weighted by atomic mass is 16.5. The van der Waals surface area contributed by atoms with Crippen LogP contribution >= 0.6 is 0 Å². The van der Waals surface area contributed by atoms with Gasteiger partial charge in [0.05, 0.1) is 5.69 Å². The van der Waals surface area contributed by atoms with Crippen LogP contribution in [0, 0.1) is 0 Å². The number of carbonyl (C=O) groups excluding carboxylic acids is 1. The lowest BCUT2D eigenvalue weighted by Crippen LogP contribution is -2.34. The highest BCUT2D eigenvalue weighted by Crippen LogP contribution is 2.28. The monoisotopic (exact) mass is 479 g/mol. The van der Waals surface area contributed by atoms with Gasteiger partial charge in [0.1, 0.15) is 17.7 Å². The lowest BCUT2D eigenvalue weighted by Gasteiger charge is -2.22. The van der Waals surface area contributed by atoms with Gasteiger partial charge >= 0.3 is 0 Å². The maximum atomic E-state index is 12.7. The molecule has 3 aromatic rings. The summed E-state index contributed by atoms with van der Waals surface area (Å²) in [5, 5.41) is 1.13. The van der Waals surface area contributed by atoms with Gasteiger partial charge < -0.3 is 23.8 Å². The Balaban J connectivity index is 1.70. The number of hydrogen-bond acceptors (Lipinski definition) is 6. The average molecular weight is 480 g/mol. The molecule has 2 aromatic heterocycles. The van der Waals surface area contributed by atoms with Crippen molar-refractivity contribution in [2.24, 2.45) is 7.05 Å². The van der Waals surface area contributed by atoms with E-state index in [2.05, 4.69) is 50.9 Å². The Kier molecular flexibility index (Phi) is 8.36. The summed E-state index contributed by atoms with van der Waals surface area (Å²) in [6.45, 7) is 5.86. The van der Waals surface area contributed by atoms with E-state index in [4.69, 9.17) is 9.47 Å².